The van der Waals surface area contributed by atoms with Crippen LogP contribution in [0.15, 0.2) is 12.3 Å². The highest BCUT2D eigenvalue weighted by molar-refractivity contribution is 5.66. The number of hydrogen-bond acceptors (Lipinski definition) is 3. The molecule has 0 aliphatic carbocycles. The molecule has 1 atom stereocenters. The number of hydrogen-bond donors (Lipinski definition) is 1. The molecule has 82 valence electrons. The summed E-state index contributed by atoms with van der Waals surface area (Å²) in [5.74, 6) is 0.974. The Morgan fingerprint density at radius 2 is 2.27 bits per heavy atom. The van der Waals surface area contributed by atoms with Gasteiger partial charge in [-0.05, 0) is 44.7 Å². The molecule has 2 heterocycles. The fourth-order valence-corrected chi connectivity index (χ4v) is 2.20. The summed E-state index contributed by atoms with van der Waals surface area (Å²) >= 11 is 0. The minimum absolute atomic E-state index is 0.565. The summed E-state index contributed by atoms with van der Waals surface area (Å²) in [6, 6.07) is 2.53. The molecule has 2 rings (SSSR count). The van der Waals surface area contributed by atoms with Crippen LogP contribution < -0.4 is 10.6 Å². The lowest BCUT2D eigenvalue weighted by Crippen LogP contribution is -2.38. The molecule has 1 aromatic rings. The monoisotopic (exact) mass is 205 g/mol. The van der Waals surface area contributed by atoms with Crippen molar-refractivity contribution in [2.45, 2.75) is 39.2 Å². The molecule has 1 saturated heterocycles. The van der Waals surface area contributed by atoms with Gasteiger partial charge >= 0.3 is 0 Å². The number of piperidine rings is 1. The maximum atomic E-state index is 6.07. The van der Waals surface area contributed by atoms with Crippen LogP contribution in [-0.4, -0.2) is 17.6 Å². The highest BCUT2D eigenvalue weighted by Gasteiger charge is 2.21. The van der Waals surface area contributed by atoms with Gasteiger partial charge in [-0.25, -0.2) is 4.98 Å². The first-order valence-electron chi connectivity index (χ1n) is 5.68. The van der Waals surface area contributed by atoms with Gasteiger partial charge in [0.25, 0.3) is 0 Å². The molecule has 0 aromatic carbocycles. The van der Waals surface area contributed by atoms with E-state index in [9.17, 15) is 0 Å². The zero-order valence-corrected chi connectivity index (χ0v) is 9.53. The second-order valence-electron chi connectivity index (χ2n) is 4.40. The Bertz CT molecular complexity index is 349. The van der Waals surface area contributed by atoms with Gasteiger partial charge < -0.3 is 10.6 Å². The van der Waals surface area contributed by atoms with Crippen molar-refractivity contribution in [2.24, 2.45) is 0 Å². The third-order valence-corrected chi connectivity index (χ3v) is 3.26. The molecule has 1 aliphatic heterocycles. The van der Waals surface area contributed by atoms with Gasteiger partial charge in [0.2, 0.25) is 0 Å². The van der Waals surface area contributed by atoms with E-state index in [0.717, 1.165) is 23.6 Å². The summed E-state index contributed by atoms with van der Waals surface area (Å²) in [7, 11) is 0. The zero-order chi connectivity index (χ0) is 10.8. The van der Waals surface area contributed by atoms with Gasteiger partial charge in [-0.2, -0.15) is 0 Å². The van der Waals surface area contributed by atoms with Gasteiger partial charge in [-0.1, -0.05) is 0 Å². The molecular formula is C12H19N3. The second-order valence-corrected chi connectivity index (χ2v) is 4.40. The normalized spacial score (nSPS) is 21.7. The van der Waals surface area contributed by atoms with Crippen LogP contribution in [0.1, 0.15) is 31.7 Å². The molecular weight excluding hydrogens is 186 g/mol. The predicted molar refractivity (Wildman–Crippen MR) is 64.0 cm³/mol. The SMILES string of the molecule is Cc1ccnc(N2CCCCC2C)c1N. The van der Waals surface area contributed by atoms with Crippen molar-refractivity contribution in [3.8, 4) is 0 Å². The Morgan fingerprint density at radius 1 is 1.47 bits per heavy atom. The molecule has 3 nitrogen and oxygen atoms in total. The number of nitrogen functional groups attached to an aromatic ring is 1. The Labute approximate surface area is 91.3 Å². The fourth-order valence-electron chi connectivity index (χ4n) is 2.20. The Morgan fingerprint density at radius 3 is 3.00 bits per heavy atom. The molecule has 0 spiro atoms. The molecule has 2 N–H and O–H groups in total. The van der Waals surface area contributed by atoms with Crippen molar-refractivity contribution < 1.29 is 0 Å². The molecule has 0 radical (unpaired) electrons. The topological polar surface area (TPSA) is 42.2 Å². The predicted octanol–water partition coefficient (Wildman–Crippen LogP) is 2.35. The molecule has 0 amide bonds. The van der Waals surface area contributed by atoms with Gasteiger partial charge in [0.1, 0.15) is 0 Å². The average molecular weight is 205 g/mol. The molecule has 15 heavy (non-hydrogen) atoms. The maximum absolute atomic E-state index is 6.07. The number of nitrogens with zero attached hydrogens (tertiary/aromatic N) is 2. The summed E-state index contributed by atoms with van der Waals surface area (Å²) in [5.41, 5.74) is 8.03. The van der Waals surface area contributed by atoms with E-state index >= 15 is 0 Å². The largest absolute Gasteiger partial charge is 0.396 e. The number of nitrogens with two attached hydrogens (primary N) is 1. The van der Waals surface area contributed by atoms with E-state index in [1.54, 1.807) is 0 Å². The molecule has 1 aliphatic rings. The van der Waals surface area contributed by atoms with Crippen LogP contribution in [0, 0.1) is 6.92 Å². The van der Waals surface area contributed by atoms with Crippen LogP contribution in [0.4, 0.5) is 11.5 Å². The smallest absolute Gasteiger partial charge is 0.152 e. The summed E-state index contributed by atoms with van der Waals surface area (Å²) in [5, 5.41) is 0. The van der Waals surface area contributed by atoms with E-state index in [-0.39, 0.29) is 0 Å². The quantitative estimate of drug-likeness (QED) is 0.765. The Hall–Kier alpha value is -1.25. The van der Waals surface area contributed by atoms with Gasteiger partial charge in [0.05, 0.1) is 5.69 Å². The van der Waals surface area contributed by atoms with Crippen molar-refractivity contribution in [3.63, 3.8) is 0 Å². The summed E-state index contributed by atoms with van der Waals surface area (Å²) in [6.45, 7) is 5.37. The molecule has 0 bridgehead atoms. The average Bonchev–Trinajstić information content (AvgIpc) is 2.23. The van der Waals surface area contributed by atoms with Crippen molar-refractivity contribution in [1.82, 2.24) is 4.98 Å². The van der Waals surface area contributed by atoms with Crippen LogP contribution in [0.25, 0.3) is 0 Å². The van der Waals surface area contributed by atoms with Crippen LogP contribution >= 0.6 is 0 Å². The van der Waals surface area contributed by atoms with Crippen molar-refractivity contribution in [2.75, 3.05) is 17.2 Å². The van der Waals surface area contributed by atoms with Gasteiger partial charge in [-0.3, -0.25) is 0 Å². The van der Waals surface area contributed by atoms with Gasteiger partial charge in [-0.15, -0.1) is 0 Å². The van der Waals surface area contributed by atoms with Crippen molar-refractivity contribution >= 4 is 11.5 Å². The number of aryl methyl sites for hydroxylation is 1. The fraction of sp³-hybridized carbons (Fsp3) is 0.583. The van der Waals surface area contributed by atoms with Crippen LogP contribution in [-0.2, 0) is 0 Å². The Kier molecular flexibility index (Phi) is 2.80. The van der Waals surface area contributed by atoms with E-state index in [0.29, 0.717) is 6.04 Å². The zero-order valence-electron chi connectivity index (χ0n) is 9.53. The molecule has 1 unspecified atom stereocenters. The highest BCUT2D eigenvalue weighted by atomic mass is 15.2. The maximum Gasteiger partial charge on any atom is 0.152 e. The van der Waals surface area contributed by atoms with E-state index in [1.807, 2.05) is 19.2 Å². The van der Waals surface area contributed by atoms with Crippen LogP contribution in [0.5, 0.6) is 0 Å². The van der Waals surface area contributed by atoms with E-state index < -0.39 is 0 Å². The van der Waals surface area contributed by atoms with Crippen molar-refractivity contribution in [3.05, 3.63) is 17.8 Å². The molecule has 0 saturated carbocycles. The molecule has 1 fully saturated rings. The third kappa shape index (κ3) is 1.91. The number of pyridine rings is 1. The number of rotatable bonds is 1. The lowest BCUT2D eigenvalue weighted by Gasteiger charge is -2.35. The standard InChI is InChI=1S/C12H19N3/c1-9-6-7-14-12(11(9)13)15-8-4-3-5-10(15)2/h6-7,10H,3-5,8,13H2,1-2H3. The van der Waals surface area contributed by atoms with Gasteiger partial charge in [0, 0.05) is 18.8 Å². The van der Waals surface area contributed by atoms with Crippen LogP contribution in [0.2, 0.25) is 0 Å². The van der Waals surface area contributed by atoms with Gasteiger partial charge in [0.15, 0.2) is 5.82 Å². The first-order valence-corrected chi connectivity index (χ1v) is 5.68. The van der Waals surface area contributed by atoms with E-state index in [2.05, 4.69) is 16.8 Å². The third-order valence-electron chi connectivity index (χ3n) is 3.26. The highest BCUT2D eigenvalue weighted by Crippen LogP contribution is 2.28. The van der Waals surface area contributed by atoms with E-state index in [4.69, 9.17) is 5.73 Å². The number of aromatic nitrogens is 1. The first-order chi connectivity index (χ1) is 7.20. The Balaban J connectivity index is 2.31. The first kappa shape index (κ1) is 10.3. The van der Waals surface area contributed by atoms with Crippen LogP contribution in [0.3, 0.4) is 0 Å². The minimum Gasteiger partial charge on any atom is -0.396 e. The molecule has 3 heteroatoms. The van der Waals surface area contributed by atoms with E-state index in [1.165, 1.54) is 19.3 Å². The summed E-state index contributed by atoms with van der Waals surface area (Å²) in [4.78, 5) is 6.75. The second kappa shape index (κ2) is 4.09. The lowest BCUT2D eigenvalue weighted by atomic mass is 10.0. The molecule has 1 aromatic heterocycles. The summed E-state index contributed by atoms with van der Waals surface area (Å²) in [6.07, 6.45) is 5.67. The lowest BCUT2D eigenvalue weighted by molar-refractivity contribution is 0.481. The minimum atomic E-state index is 0.565. The van der Waals surface area contributed by atoms with Crippen molar-refractivity contribution in [1.29, 1.82) is 0 Å². The summed E-state index contributed by atoms with van der Waals surface area (Å²) < 4.78 is 0. The number of anilines is 2.